The van der Waals surface area contributed by atoms with Crippen LogP contribution in [0.4, 0.5) is 0 Å². The maximum absolute atomic E-state index is 12.2. The number of amides is 1. The molecule has 128 valence electrons. The first kappa shape index (κ1) is 17.1. The van der Waals surface area contributed by atoms with E-state index in [4.69, 9.17) is 0 Å². The molecule has 2 aromatic carbocycles. The van der Waals surface area contributed by atoms with Crippen molar-refractivity contribution in [3.8, 4) is 11.1 Å². The van der Waals surface area contributed by atoms with E-state index in [-0.39, 0.29) is 5.91 Å². The van der Waals surface area contributed by atoms with Gasteiger partial charge in [0, 0.05) is 38.5 Å². The highest BCUT2D eigenvalue weighted by Gasteiger charge is 2.12. The van der Waals surface area contributed by atoms with Crippen LogP contribution in [0, 0.1) is 0 Å². The third kappa shape index (κ3) is 4.43. The molecule has 0 saturated carbocycles. The summed E-state index contributed by atoms with van der Waals surface area (Å²) in [5, 5.41) is 6.17. The van der Waals surface area contributed by atoms with Crippen molar-refractivity contribution in [2.45, 2.75) is 13.0 Å². The van der Waals surface area contributed by atoms with Gasteiger partial charge >= 0.3 is 0 Å². The molecule has 0 aliphatic carbocycles. The van der Waals surface area contributed by atoms with Crippen molar-refractivity contribution in [1.82, 2.24) is 10.6 Å². The van der Waals surface area contributed by atoms with E-state index in [0.717, 1.165) is 42.7 Å². The van der Waals surface area contributed by atoms with Crippen LogP contribution in [-0.2, 0) is 6.54 Å². The highest BCUT2D eigenvalue weighted by Crippen LogP contribution is 2.25. The number of hydrogen-bond acceptors (Lipinski definition) is 3. The van der Waals surface area contributed by atoms with Gasteiger partial charge in [0.15, 0.2) is 0 Å². The zero-order valence-electron chi connectivity index (χ0n) is 14.5. The summed E-state index contributed by atoms with van der Waals surface area (Å²) < 4.78 is 0. The number of nitrogens with zero attached hydrogens (tertiary/aromatic N) is 1. The lowest BCUT2D eigenvalue weighted by Gasteiger charge is -2.13. The maximum Gasteiger partial charge on any atom is 0.251 e. The van der Waals surface area contributed by atoms with Gasteiger partial charge in [0.25, 0.3) is 5.91 Å². The smallest absolute Gasteiger partial charge is 0.251 e. The standard InChI is InChI=1S/C21H23N3O/c1-22-21(25)19-10-9-16(12-20(19)18-7-3-2-4-8-18)13-24-15-17-6-5-11-23-14-17/h2-4,6-10,12,14,24H,5,11,13,15H2,1H3,(H,22,25). The van der Waals surface area contributed by atoms with Gasteiger partial charge in [-0.3, -0.25) is 9.79 Å². The highest BCUT2D eigenvalue weighted by atomic mass is 16.1. The average Bonchev–Trinajstić information content (AvgIpc) is 2.69. The zero-order valence-corrected chi connectivity index (χ0v) is 14.5. The SMILES string of the molecule is CNC(=O)c1ccc(CNCC2=CCCN=C2)cc1-c1ccccc1. The Bertz CT molecular complexity index is 794. The molecule has 4 nitrogen and oxygen atoms in total. The number of carbonyl (C=O) groups excluding carboxylic acids is 1. The Morgan fingerprint density at radius 1 is 1.12 bits per heavy atom. The number of hydrogen-bond donors (Lipinski definition) is 2. The molecule has 0 unspecified atom stereocenters. The minimum atomic E-state index is -0.0677. The van der Waals surface area contributed by atoms with E-state index in [0.29, 0.717) is 5.56 Å². The van der Waals surface area contributed by atoms with Gasteiger partial charge in [-0.05, 0) is 40.8 Å². The van der Waals surface area contributed by atoms with Crippen LogP contribution >= 0.6 is 0 Å². The highest BCUT2D eigenvalue weighted by molar-refractivity contribution is 6.00. The normalized spacial score (nSPS) is 13.4. The van der Waals surface area contributed by atoms with Crippen LogP contribution in [0.1, 0.15) is 22.3 Å². The second kappa shape index (κ2) is 8.40. The predicted octanol–water partition coefficient (Wildman–Crippen LogP) is 3.20. The first-order valence-corrected chi connectivity index (χ1v) is 8.58. The van der Waals surface area contributed by atoms with Crippen LogP contribution in [0.2, 0.25) is 0 Å². The van der Waals surface area contributed by atoms with E-state index < -0.39 is 0 Å². The molecule has 1 heterocycles. The monoisotopic (exact) mass is 333 g/mol. The Kier molecular flexibility index (Phi) is 5.75. The first-order valence-electron chi connectivity index (χ1n) is 8.58. The van der Waals surface area contributed by atoms with Gasteiger partial charge in [-0.1, -0.05) is 42.5 Å². The van der Waals surface area contributed by atoms with Gasteiger partial charge < -0.3 is 10.6 Å². The van der Waals surface area contributed by atoms with Gasteiger partial charge in [-0.25, -0.2) is 0 Å². The molecule has 0 radical (unpaired) electrons. The molecule has 0 spiro atoms. The second-order valence-electron chi connectivity index (χ2n) is 6.03. The summed E-state index contributed by atoms with van der Waals surface area (Å²) in [6, 6.07) is 16.0. The topological polar surface area (TPSA) is 53.5 Å². The number of carbonyl (C=O) groups is 1. The Morgan fingerprint density at radius 2 is 1.96 bits per heavy atom. The molecule has 0 bridgehead atoms. The second-order valence-corrected chi connectivity index (χ2v) is 6.03. The molecule has 0 aromatic heterocycles. The van der Waals surface area contributed by atoms with Gasteiger partial charge in [-0.2, -0.15) is 0 Å². The summed E-state index contributed by atoms with van der Waals surface area (Å²) in [6.07, 6.45) is 5.19. The number of dihydropyridines is 1. The van der Waals surface area contributed by atoms with Gasteiger partial charge in [0.05, 0.1) is 0 Å². The van der Waals surface area contributed by atoms with Crippen LogP contribution in [0.15, 0.2) is 65.2 Å². The minimum absolute atomic E-state index is 0.0677. The van der Waals surface area contributed by atoms with Crippen LogP contribution in [-0.4, -0.2) is 32.3 Å². The Hall–Kier alpha value is -2.72. The quantitative estimate of drug-likeness (QED) is 0.853. The fourth-order valence-corrected chi connectivity index (χ4v) is 2.92. The number of benzene rings is 2. The average molecular weight is 333 g/mol. The van der Waals surface area contributed by atoms with Gasteiger partial charge in [0.2, 0.25) is 0 Å². The van der Waals surface area contributed by atoms with Crippen molar-refractivity contribution >= 4 is 12.1 Å². The molecule has 2 N–H and O–H groups in total. The summed E-state index contributed by atoms with van der Waals surface area (Å²) in [5.74, 6) is -0.0677. The van der Waals surface area contributed by atoms with Gasteiger partial charge in [0.1, 0.15) is 0 Å². The van der Waals surface area contributed by atoms with E-state index in [1.54, 1.807) is 7.05 Å². The van der Waals surface area contributed by atoms with Crippen molar-refractivity contribution in [2.75, 3.05) is 20.1 Å². The molecule has 25 heavy (non-hydrogen) atoms. The Balaban J connectivity index is 1.78. The minimum Gasteiger partial charge on any atom is -0.355 e. The van der Waals surface area contributed by atoms with Crippen molar-refractivity contribution in [3.63, 3.8) is 0 Å². The first-order chi connectivity index (χ1) is 12.3. The lowest BCUT2D eigenvalue weighted by molar-refractivity contribution is 0.0963. The lowest BCUT2D eigenvalue weighted by atomic mass is 9.96. The summed E-state index contributed by atoms with van der Waals surface area (Å²) in [4.78, 5) is 16.5. The molecule has 3 rings (SSSR count). The fourth-order valence-electron chi connectivity index (χ4n) is 2.92. The Labute approximate surface area is 148 Å². The van der Waals surface area contributed by atoms with E-state index >= 15 is 0 Å². The predicted molar refractivity (Wildman–Crippen MR) is 103 cm³/mol. The summed E-state index contributed by atoms with van der Waals surface area (Å²) in [6.45, 7) is 2.45. The third-order valence-electron chi connectivity index (χ3n) is 4.22. The largest absolute Gasteiger partial charge is 0.355 e. The van der Waals surface area contributed by atoms with E-state index in [2.05, 4.69) is 27.8 Å². The van der Waals surface area contributed by atoms with Crippen molar-refractivity contribution in [2.24, 2.45) is 4.99 Å². The summed E-state index contributed by atoms with van der Waals surface area (Å²) in [5.41, 5.74) is 5.08. The van der Waals surface area contributed by atoms with Crippen molar-refractivity contribution in [3.05, 3.63) is 71.3 Å². The van der Waals surface area contributed by atoms with Gasteiger partial charge in [-0.15, -0.1) is 0 Å². The molecule has 0 atom stereocenters. The molecule has 0 saturated heterocycles. The molecule has 1 amide bonds. The van der Waals surface area contributed by atoms with Crippen molar-refractivity contribution in [1.29, 1.82) is 0 Å². The Morgan fingerprint density at radius 3 is 2.68 bits per heavy atom. The van der Waals surface area contributed by atoms with Crippen LogP contribution in [0.25, 0.3) is 11.1 Å². The van der Waals surface area contributed by atoms with E-state index in [1.165, 1.54) is 5.57 Å². The number of rotatable bonds is 6. The van der Waals surface area contributed by atoms with Crippen LogP contribution in [0.5, 0.6) is 0 Å². The molecule has 1 aliphatic rings. The van der Waals surface area contributed by atoms with E-state index in [1.807, 2.05) is 48.7 Å². The van der Waals surface area contributed by atoms with Crippen LogP contribution in [0.3, 0.4) is 0 Å². The maximum atomic E-state index is 12.2. The zero-order chi connectivity index (χ0) is 17.5. The molecular weight excluding hydrogens is 310 g/mol. The molecule has 0 fully saturated rings. The fraction of sp³-hybridized carbons (Fsp3) is 0.238. The molecule has 1 aliphatic heterocycles. The number of nitrogens with one attached hydrogen (secondary N) is 2. The third-order valence-corrected chi connectivity index (χ3v) is 4.22. The molecule has 4 heteroatoms. The number of aliphatic imine (C=N–C) groups is 1. The van der Waals surface area contributed by atoms with Crippen LogP contribution < -0.4 is 10.6 Å². The molecule has 2 aromatic rings. The molecular formula is C21H23N3O. The van der Waals surface area contributed by atoms with E-state index in [9.17, 15) is 4.79 Å². The summed E-state index contributed by atoms with van der Waals surface area (Å²) in [7, 11) is 1.66. The lowest BCUT2D eigenvalue weighted by Crippen LogP contribution is -2.20. The van der Waals surface area contributed by atoms with Crippen molar-refractivity contribution < 1.29 is 4.79 Å². The summed E-state index contributed by atoms with van der Waals surface area (Å²) >= 11 is 0.